The molecule has 1 aliphatic heterocycles. The Morgan fingerprint density at radius 1 is 1.43 bits per heavy atom. The van der Waals surface area contributed by atoms with Crippen LogP contribution in [0.5, 0.6) is 0 Å². The van der Waals surface area contributed by atoms with E-state index in [2.05, 4.69) is 4.98 Å². The highest BCUT2D eigenvalue weighted by atomic mass is 16.5. The van der Waals surface area contributed by atoms with E-state index in [1.165, 1.54) is 0 Å². The van der Waals surface area contributed by atoms with Crippen LogP contribution in [-0.4, -0.2) is 18.2 Å². The first-order valence-corrected chi connectivity index (χ1v) is 5.05. The van der Waals surface area contributed by atoms with Crippen LogP contribution in [0, 0.1) is 6.92 Å². The third-order valence-corrected chi connectivity index (χ3v) is 2.67. The van der Waals surface area contributed by atoms with Crippen LogP contribution >= 0.6 is 0 Å². The van der Waals surface area contributed by atoms with Gasteiger partial charge in [-0.15, -0.1) is 0 Å². The van der Waals surface area contributed by atoms with E-state index < -0.39 is 0 Å². The fraction of sp³-hybridized carbons (Fsp3) is 0.700. The van der Waals surface area contributed by atoms with Crippen molar-refractivity contribution >= 4 is 0 Å². The number of oxazole rings is 1. The third kappa shape index (κ3) is 1.81. The molecule has 2 rings (SSSR count). The minimum absolute atomic E-state index is 0.419. The van der Waals surface area contributed by atoms with Gasteiger partial charge in [0.05, 0.1) is 5.69 Å². The highest BCUT2D eigenvalue weighted by molar-refractivity contribution is 5.10. The molecule has 0 bridgehead atoms. The largest absolute Gasteiger partial charge is 0.445 e. The summed E-state index contributed by atoms with van der Waals surface area (Å²) in [7, 11) is 0. The molecule has 1 saturated heterocycles. The Bertz CT molecular complexity index is 303. The molecule has 14 heavy (non-hydrogen) atoms. The van der Waals surface area contributed by atoms with Crippen molar-refractivity contribution in [2.75, 3.05) is 13.2 Å². The lowest BCUT2D eigenvalue weighted by atomic mass is 10.0. The highest BCUT2D eigenvalue weighted by Crippen LogP contribution is 2.27. The van der Waals surface area contributed by atoms with E-state index >= 15 is 0 Å². The lowest BCUT2D eigenvalue weighted by Gasteiger charge is -2.18. The molecule has 0 spiro atoms. The van der Waals surface area contributed by atoms with E-state index in [0.29, 0.717) is 12.5 Å². The first kappa shape index (κ1) is 9.68. The topological polar surface area (TPSA) is 61.3 Å². The molecule has 0 atom stereocenters. The maximum atomic E-state index is 5.60. The predicted molar refractivity (Wildman–Crippen MR) is 51.9 cm³/mol. The quantitative estimate of drug-likeness (QED) is 0.775. The smallest absolute Gasteiger partial charge is 0.197 e. The van der Waals surface area contributed by atoms with E-state index in [4.69, 9.17) is 14.9 Å². The van der Waals surface area contributed by atoms with Gasteiger partial charge in [-0.25, -0.2) is 4.98 Å². The van der Waals surface area contributed by atoms with Gasteiger partial charge in [-0.05, 0) is 19.8 Å². The molecule has 78 valence electrons. The van der Waals surface area contributed by atoms with Crippen molar-refractivity contribution in [3.05, 3.63) is 17.3 Å². The average Bonchev–Trinajstić information content (AvgIpc) is 2.61. The number of aromatic nitrogens is 1. The van der Waals surface area contributed by atoms with Gasteiger partial charge < -0.3 is 14.9 Å². The van der Waals surface area contributed by atoms with Gasteiger partial charge in [0.2, 0.25) is 0 Å². The normalized spacial score (nSPS) is 18.7. The van der Waals surface area contributed by atoms with Crippen molar-refractivity contribution in [1.82, 2.24) is 4.98 Å². The molecule has 1 aromatic rings. The van der Waals surface area contributed by atoms with Crippen LogP contribution in [0.4, 0.5) is 0 Å². The molecule has 2 heterocycles. The summed E-state index contributed by atoms with van der Waals surface area (Å²) in [5, 5.41) is 0. The average molecular weight is 196 g/mol. The second-order valence-electron chi connectivity index (χ2n) is 3.65. The second-order valence-corrected chi connectivity index (χ2v) is 3.65. The van der Waals surface area contributed by atoms with Crippen molar-refractivity contribution in [2.45, 2.75) is 32.2 Å². The van der Waals surface area contributed by atoms with Gasteiger partial charge in [0, 0.05) is 25.7 Å². The minimum atomic E-state index is 0.419. The first-order chi connectivity index (χ1) is 6.81. The number of ether oxygens (including phenoxy) is 1. The molecule has 0 aromatic carbocycles. The number of nitrogens with two attached hydrogens (primary N) is 1. The van der Waals surface area contributed by atoms with Crippen LogP contribution in [0.3, 0.4) is 0 Å². The molecule has 1 aliphatic rings. The number of rotatable bonds is 2. The van der Waals surface area contributed by atoms with Crippen molar-refractivity contribution in [3.8, 4) is 0 Å². The molecule has 1 fully saturated rings. The molecule has 2 N–H and O–H groups in total. The SMILES string of the molecule is Cc1oc(C2CCOCC2)nc1CN. The molecular weight excluding hydrogens is 180 g/mol. The number of hydrogen-bond acceptors (Lipinski definition) is 4. The highest BCUT2D eigenvalue weighted by Gasteiger charge is 2.21. The summed E-state index contributed by atoms with van der Waals surface area (Å²) in [6.45, 7) is 3.99. The van der Waals surface area contributed by atoms with Gasteiger partial charge in [0.25, 0.3) is 0 Å². The Morgan fingerprint density at radius 2 is 2.14 bits per heavy atom. The monoisotopic (exact) mass is 196 g/mol. The lowest BCUT2D eigenvalue weighted by Crippen LogP contribution is -2.14. The van der Waals surface area contributed by atoms with Crippen LogP contribution in [0.1, 0.15) is 36.1 Å². The molecule has 0 amide bonds. The third-order valence-electron chi connectivity index (χ3n) is 2.67. The van der Waals surface area contributed by atoms with Crippen LogP contribution in [0.2, 0.25) is 0 Å². The predicted octanol–water partition coefficient (Wildman–Crippen LogP) is 1.34. The van der Waals surface area contributed by atoms with E-state index in [1.54, 1.807) is 0 Å². The van der Waals surface area contributed by atoms with Crippen molar-refractivity contribution < 1.29 is 9.15 Å². The maximum absolute atomic E-state index is 5.60. The summed E-state index contributed by atoms with van der Waals surface area (Å²) >= 11 is 0. The molecule has 1 aromatic heterocycles. The van der Waals surface area contributed by atoms with Gasteiger partial charge in [-0.1, -0.05) is 0 Å². The fourth-order valence-corrected chi connectivity index (χ4v) is 1.76. The van der Waals surface area contributed by atoms with Gasteiger partial charge in [-0.2, -0.15) is 0 Å². The van der Waals surface area contributed by atoms with Crippen molar-refractivity contribution in [1.29, 1.82) is 0 Å². The lowest BCUT2D eigenvalue weighted by molar-refractivity contribution is 0.0792. The molecule has 0 radical (unpaired) electrons. The molecule has 0 unspecified atom stereocenters. The summed E-state index contributed by atoms with van der Waals surface area (Å²) in [4.78, 5) is 4.40. The standard InChI is InChI=1S/C10H16N2O2/c1-7-9(6-11)12-10(14-7)8-2-4-13-5-3-8/h8H,2-6,11H2,1H3. The summed E-state index contributed by atoms with van der Waals surface area (Å²) in [5.41, 5.74) is 6.43. The second kappa shape index (κ2) is 4.11. The summed E-state index contributed by atoms with van der Waals surface area (Å²) in [5.74, 6) is 2.11. The summed E-state index contributed by atoms with van der Waals surface area (Å²) in [6, 6.07) is 0. The Morgan fingerprint density at radius 3 is 2.71 bits per heavy atom. The Hall–Kier alpha value is -0.870. The van der Waals surface area contributed by atoms with E-state index in [0.717, 1.165) is 43.4 Å². The van der Waals surface area contributed by atoms with E-state index in [-0.39, 0.29) is 0 Å². The van der Waals surface area contributed by atoms with Gasteiger partial charge in [-0.3, -0.25) is 0 Å². The fourth-order valence-electron chi connectivity index (χ4n) is 1.76. The number of nitrogens with zero attached hydrogens (tertiary/aromatic N) is 1. The van der Waals surface area contributed by atoms with Crippen LogP contribution in [-0.2, 0) is 11.3 Å². The zero-order chi connectivity index (χ0) is 9.97. The Labute approximate surface area is 83.4 Å². The van der Waals surface area contributed by atoms with Crippen molar-refractivity contribution in [3.63, 3.8) is 0 Å². The van der Waals surface area contributed by atoms with E-state index in [9.17, 15) is 0 Å². The van der Waals surface area contributed by atoms with Crippen LogP contribution in [0.15, 0.2) is 4.42 Å². The Balaban J connectivity index is 2.14. The van der Waals surface area contributed by atoms with Crippen molar-refractivity contribution in [2.24, 2.45) is 5.73 Å². The molecule has 4 heteroatoms. The van der Waals surface area contributed by atoms with Gasteiger partial charge in [0.1, 0.15) is 5.76 Å². The van der Waals surface area contributed by atoms with Crippen LogP contribution in [0.25, 0.3) is 0 Å². The zero-order valence-electron chi connectivity index (χ0n) is 8.45. The maximum Gasteiger partial charge on any atom is 0.197 e. The molecule has 0 saturated carbocycles. The number of aryl methyl sites for hydroxylation is 1. The first-order valence-electron chi connectivity index (χ1n) is 5.05. The zero-order valence-corrected chi connectivity index (χ0v) is 8.45. The number of hydrogen-bond donors (Lipinski definition) is 1. The van der Waals surface area contributed by atoms with E-state index in [1.807, 2.05) is 6.92 Å². The molecule has 4 nitrogen and oxygen atoms in total. The van der Waals surface area contributed by atoms with Gasteiger partial charge in [0.15, 0.2) is 5.89 Å². The summed E-state index contributed by atoms with van der Waals surface area (Å²) in [6.07, 6.45) is 2.01. The van der Waals surface area contributed by atoms with Gasteiger partial charge >= 0.3 is 0 Å². The van der Waals surface area contributed by atoms with Crippen LogP contribution < -0.4 is 5.73 Å². The molecular formula is C10H16N2O2. The minimum Gasteiger partial charge on any atom is -0.445 e. The molecule has 0 aliphatic carbocycles. The summed E-state index contributed by atoms with van der Waals surface area (Å²) < 4.78 is 10.9. The Kier molecular flexibility index (Phi) is 2.84.